The normalized spacial score (nSPS) is 10.8. The van der Waals surface area contributed by atoms with Crippen LogP contribution in [0.2, 0.25) is 0 Å². The van der Waals surface area contributed by atoms with Gasteiger partial charge in [-0.25, -0.2) is 4.98 Å². The molecule has 0 bridgehead atoms. The molecule has 0 aliphatic heterocycles. The lowest BCUT2D eigenvalue weighted by Crippen LogP contribution is -2.22. The largest absolute Gasteiger partial charge is 0.352 e. The van der Waals surface area contributed by atoms with E-state index in [0.29, 0.717) is 13.0 Å². The number of fused-ring (bicyclic) bond motifs is 1. The number of imidazole rings is 1. The molecule has 3 aromatic rings. The van der Waals surface area contributed by atoms with Crippen molar-refractivity contribution >= 4 is 16.9 Å². The summed E-state index contributed by atoms with van der Waals surface area (Å²) in [5, 5.41) is 2.96. The number of benzene rings is 2. The van der Waals surface area contributed by atoms with Crippen molar-refractivity contribution in [2.45, 2.75) is 26.3 Å². The molecule has 3 rings (SSSR count). The van der Waals surface area contributed by atoms with Crippen LogP contribution in [0.4, 0.5) is 0 Å². The molecule has 2 aromatic carbocycles. The maximum absolute atomic E-state index is 11.9. The Labute approximate surface area is 129 Å². The van der Waals surface area contributed by atoms with Gasteiger partial charge >= 0.3 is 0 Å². The molecular weight excluding hydrogens is 274 g/mol. The number of nitrogens with zero attached hydrogens (tertiary/aromatic N) is 1. The first-order valence-corrected chi connectivity index (χ1v) is 7.45. The zero-order valence-electron chi connectivity index (χ0n) is 12.6. The SMILES string of the molecule is Cc1ccc(CNC(=O)CCc2ccc3nc[nH]c3c2)cc1. The second-order valence-corrected chi connectivity index (χ2v) is 5.52. The van der Waals surface area contributed by atoms with Gasteiger partial charge in [0.2, 0.25) is 5.91 Å². The zero-order valence-corrected chi connectivity index (χ0v) is 12.6. The first kappa shape index (κ1) is 14.3. The lowest BCUT2D eigenvalue weighted by Gasteiger charge is -2.06. The fraction of sp³-hybridized carbons (Fsp3) is 0.222. The smallest absolute Gasteiger partial charge is 0.220 e. The Kier molecular flexibility index (Phi) is 4.19. The third-order valence-corrected chi connectivity index (χ3v) is 3.74. The Balaban J connectivity index is 1.50. The lowest BCUT2D eigenvalue weighted by molar-refractivity contribution is -0.121. The van der Waals surface area contributed by atoms with Crippen LogP contribution in [0.1, 0.15) is 23.1 Å². The van der Waals surface area contributed by atoms with E-state index in [1.54, 1.807) is 6.33 Å². The van der Waals surface area contributed by atoms with E-state index in [1.807, 2.05) is 24.3 Å². The monoisotopic (exact) mass is 293 g/mol. The summed E-state index contributed by atoms with van der Waals surface area (Å²) in [6.45, 7) is 2.64. The van der Waals surface area contributed by atoms with Gasteiger partial charge in [-0.05, 0) is 36.6 Å². The number of aromatic nitrogens is 2. The molecule has 0 aliphatic carbocycles. The van der Waals surface area contributed by atoms with Crippen LogP contribution in [0.3, 0.4) is 0 Å². The van der Waals surface area contributed by atoms with Crippen LogP contribution >= 0.6 is 0 Å². The number of amides is 1. The first-order chi connectivity index (χ1) is 10.7. The second-order valence-electron chi connectivity index (χ2n) is 5.52. The van der Waals surface area contributed by atoms with E-state index < -0.39 is 0 Å². The molecule has 2 N–H and O–H groups in total. The predicted octanol–water partition coefficient (Wildman–Crippen LogP) is 3.12. The number of rotatable bonds is 5. The van der Waals surface area contributed by atoms with E-state index in [9.17, 15) is 4.79 Å². The molecule has 1 heterocycles. The summed E-state index contributed by atoms with van der Waals surface area (Å²) >= 11 is 0. The minimum absolute atomic E-state index is 0.0743. The fourth-order valence-electron chi connectivity index (χ4n) is 2.39. The first-order valence-electron chi connectivity index (χ1n) is 7.45. The highest BCUT2D eigenvalue weighted by Crippen LogP contribution is 2.13. The summed E-state index contributed by atoms with van der Waals surface area (Å²) in [6, 6.07) is 14.3. The van der Waals surface area contributed by atoms with Gasteiger partial charge in [-0.2, -0.15) is 0 Å². The number of hydrogen-bond acceptors (Lipinski definition) is 2. The molecule has 0 unspecified atom stereocenters. The highest BCUT2D eigenvalue weighted by atomic mass is 16.1. The number of carbonyl (C=O) groups excluding carboxylic acids is 1. The molecule has 1 aromatic heterocycles. The number of aromatic amines is 1. The predicted molar refractivity (Wildman–Crippen MR) is 87.4 cm³/mol. The molecule has 0 atom stereocenters. The maximum atomic E-state index is 11.9. The third-order valence-electron chi connectivity index (χ3n) is 3.74. The van der Waals surface area contributed by atoms with E-state index in [2.05, 4.69) is 40.4 Å². The van der Waals surface area contributed by atoms with E-state index in [-0.39, 0.29) is 5.91 Å². The van der Waals surface area contributed by atoms with Crippen molar-refractivity contribution in [1.29, 1.82) is 0 Å². The number of nitrogens with one attached hydrogen (secondary N) is 2. The number of hydrogen-bond donors (Lipinski definition) is 2. The molecule has 0 saturated carbocycles. The lowest BCUT2D eigenvalue weighted by atomic mass is 10.1. The van der Waals surface area contributed by atoms with Crippen LogP contribution in [0, 0.1) is 6.92 Å². The van der Waals surface area contributed by atoms with Gasteiger partial charge in [0.25, 0.3) is 0 Å². The van der Waals surface area contributed by atoms with Gasteiger partial charge in [0.15, 0.2) is 0 Å². The summed E-state index contributed by atoms with van der Waals surface area (Å²) < 4.78 is 0. The maximum Gasteiger partial charge on any atom is 0.220 e. The van der Waals surface area contributed by atoms with E-state index in [0.717, 1.165) is 28.6 Å². The molecule has 0 radical (unpaired) electrons. The average Bonchev–Trinajstić information content (AvgIpc) is 3.00. The van der Waals surface area contributed by atoms with Crippen molar-refractivity contribution in [2.24, 2.45) is 0 Å². The highest BCUT2D eigenvalue weighted by molar-refractivity contribution is 5.77. The van der Waals surface area contributed by atoms with E-state index in [1.165, 1.54) is 5.56 Å². The summed E-state index contributed by atoms with van der Waals surface area (Å²) in [5.41, 5.74) is 5.45. The molecule has 0 saturated heterocycles. The summed E-state index contributed by atoms with van der Waals surface area (Å²) in [7, 11) is 0. The Bertz CT molecular complexity index is 774. The van der Waals surface area contributed by atoms with Crippen molar-refractivity contribution in [3.8, 4) is 0 Å². The van der Waals surface area contributed by atoms with Crippen LogP contribution in [-0.2, 0) is 17.8 Å². The summed E-state index contributed by atoms with van der Waals surface area (Å²) in [4.78, 5) is 19.2. The van der Waals surface area contributed by atoms with Gasteiger partial charge in [0, 0.05) is 13.0 Å². The number of aryl methyl sites for hydroxylation is 2. The average molecular weight is 293 g/mol. The minimum atomic E-state index is 0.0743. The Morgan fingerprint density at radius 1 is 1.14 bits per heavy atom. The van der Waals surface area contributed by atoms with Crippen LogP contribution in [0.25, 0.3) is 11.0 Å². The van der Waals surface area contributed by atoms with Gasteiger partial charge in [-0.3, -0.25) is 4.79 Å². The van der Waals surface area contributed by atoms with Gasteiger partial charge in [-0.1, -0.05) is 35.9 Å². The standard InChI is InChI=1S/C18H19N3O/c1-13-2-4-15(5-3-13)11-19-18(22)9-7-14-6-8-16-17(10-14)21-12-20-16/h2-6,8,10,12H,7,9,11H2,1H3,(H,19,22)(H,20,21). The van der Waals surface area contributed by atoms with E-state index in [4.69, 9.17) is 0 Å². The molecule has 0 spiro atoms. The minimum Gasteiger partial charge on any atom is -0.352 e. The Hall–Kier alpha value is -2.62. The van der Waals surface area contributed by atoms with Gasteiger partial charge in [0.05, 0.1) is 17.4 Å². The van der Waals surface area contributed by atoms with E-state index >= 15 is 0 Å². The van der Waals surface area contributed by atoms with Crippen molar-refractivity contribution in [1.82, 2.24) is 15.3 Å². The van der Waals surface area contributed by atoms with Gasteiger partial charge in [0.1, 0.15) is 0 Å². The molecule has 22 heavy (non-hydrogen) atoms. The Morgan fingerprint density at radius 2 is 1.91 bits per heavy atom. The van der Waals surface area contributed by atoms with Crippen molar-refractivity contribution in [3.05, 3.63) is 65.5 Å². The van der Waals surface area contributed by atoms with Crippen LogP contribution in [-0.4, -0.2) is 15.9 Å². The zero-order chi connectivity index (χ0) is 15.4. The van der Waals surface area contributed by atoms with Crippen LogP contribution < -0.4 is 5.32 Å². The Morgan fingerprint density at radius 3 is 2.73 bits per heavy atom. The number of H-pyrrole nitrogens is 1. The van der Waals surface area contributed by atoms with Crippen molar-refractivity contribution in [2.75, 3.05) is 0 Å². The molecule has 112 valence electrons. The van der Waals surface area contributed by atoms with Crippen molar-refractivity contribution < 1.29 is 4.79 Å². The molecule has 4 nitrogen and oxygen atoms in total. The molecule has 0 fully saturated rings. The van der Waals surface area contributed by atoms with Gasteiger partial charge < -0.3 is 10.3 Å². The summed E-state index contributed by atoms with van der Waals surface area (Å²) in [6.07, 6.45) is 2.91. The highest BCUT2D eigenvalue weighted by Gasteiger charge is 2.04. The van der Waals surface area contributed by atoms with Gasteiger partial charge in [-0.15, -0.1) is 0 Å². The molecular formula is C18H19N3O. The van der Waals surface area contributed by atoms with Crippen LogP contribution in [0.15, 0.2) is 48.8 Å². The fourth-order valence-corrected chi connectivity index (χ4v) is 2.39. The third kappa shape index (κ3) is 3.52. The number of carbonyl (C=O) groups is 1. The second kappa shape index (κ2) is 6.43. The summed E-state index contributed by atoms with van der Waals surface area (Å²) in [5.74, 6) is 0.0743. The van der Waals surface area contributed by atoms with Crippen LogP contribution in [0.5, 0.6) is 0 Å². The van der Waals surface area contributed by atoms with Crippen molar-refractivity contribution in [3.63, 3.8) is 0 Å². The topological polar surface area (TPSA) is 57.8 Å². The molecule has 4 heteroatoms. The molecule has 0 aliphatic rings. The molecule has 1 amide bonds. The quantitative estimate of drug-likeness (QED) is 0.759.